The predicted octanol–water partition coefficient (Wildman–Crippen LogP) is 2.17. The van der Waals surface area contributed by atoms with Crippen molar-refractivity contribution in [2.24, 2.45) is 0 Å². The lowest BCUT2D eigenvalue weighted by atomic mass is 9.94. The second-order valence-corrected chi connectivity index (χ2v) is 5.68. The van der Waals surface area contributed by atoms with Gasteiger partial charge in [-0.25, -0.2) is 0 Å². The zero-order chi connectivity index (χ0) is 14.4. The molecule has 0 bridgehead atoms. The Morgan fingerprint density at radius 3 is 2.55 bits per heavy atom. The summed E-state index contributed by atoms with van der Waals surface area (Å²) in [5, 5.41) is 18.6. The van der Waals surface area contributed by atoms with Crippen LogP contribution in [-0.4, -0.2) is 41.8 Å². The Morgan fingerprint density at radius 2 is 1.95 bits per heavy atom. The summed E-state index contributed by atoms with van der Waals surface area (Å²) < 4.78 is 5.65. The minimum atomic E-state index is -0.477. The molecule has 4 nitrogen and oxygen atoms in total. The maximum absolute atomic E-state index is 9.88. The highest BCUT2D eigenvalue weighted by Crippen LogP contribution is 2.21. The van der Waals surface area contributed by atoms with Gasteiger partial charge in [0.25, 0.3) is 0 Å². The highest BCUT2D eigenvalue weighted by Gasteiger charge is 2.26. The van der Waals surface area contributed by atoms with Gasteiger partial charge in [0, 0.05) is 19.6 Å². The Hall–Kier alpha value is -1.57. The van der Waals surface area contributed by atoms with E-state index in [1.54, 1.807) is 12.1 Å². The molecule has 1 aromatic rings. The molecule has 1 aliphatic heterocycles. The maximum Gasteiger partial charge on any atom is 0.119 e. The fourth-order valence-electron chi connectivity index (χ4n) is 2.36. The van der Waals surface area contributed by atoms with Crippen LogP contribution in [0.2, 0.25) is 0 Å². The lowest BCUT2D eigenvalue weighted by molar-refractivity contribution is -0.00603. The van der Waals surface area contributed by atoms with Crippen LogP contribution in [0.4, 0.5) is 0 Å². The van der Waals surface area contributed by atoms with Crippen LogP contribution in [0.5, 0.6) is 5.75 Å². The van der Waals surface area contributed by atoms with Crippen molar-refractivity contribution in [1.29, 1.82) is 5.26 Å². The highest BCUT2D eigenvalue weighted by molar-refractivity contribution is 5.34. The summed E-state index contributed by atoms with van der Waals surface area (Å²) in [7, 11) is 0. The number of piperidine rings is 1. The van der Waals surface area contributed by atoms with Gasteiger partial charge in [-0.1, -0.05) is 0 Å². The second-order valence-electron chi connectivity index (χ2n) is 5.68. The van der Waals surface area contributed by atoms with E-state index in [9.17, 15) is 5.11 Å². The standard InChI is InChI=1S/C16H22N2O2/c1-16(19)7-10-18(11-8-16)9-2-12-20-15-5-3-14(13-17)4-6-15/h3-6,19H,2,7-12H2,1H3. The summed E-state index contributed by atoms with van der Waals surface area (Å²) in [4.78, 5) is 2.38. The van der Waals surface area contributed by atoms with Gasteiger partial charge in [-0.15, -0.1) is 0 Å². The molecule has 0 radical (unpaired) electrons. The van der Waals surface area contributed by atoms with Crippen LogP contribution in [-0.2, 0) is 0 Å². The quantitative estimate of drug-likeness (QED) is 0.836. The summed E-state index contributed by atoms with van der Waals surface area (Å²) in [6.45, 7) is 5.53. The normalized spacial score (nSPS) is 18.4. The molecule has 0 atom stereocenters. The smallest absolute Gasteiger partial charge is 0.119 e. The fourth-order valence-corrected chi connectivity index (χ4v) is 2.36. The van der Waals surface area contributed by atoms with Gasteiger partial charge in [0.05, 0.1) is 23.8 Å². The van der Waals surface area contributed by atoms with Gasteiger partial charge >= 0.3 is 0 Å². The van der Waals surface area contributed by atoms with E-state index in [1.807, 2.05) is 19.1 Å². The molecule has 0 saturated carbocycles. The molecule has 20 heavy (non-hydrogen) atoms. The molecule has 0 aromatic heterocycles. The number of nitriles is 1. The lowest BCUT2D eigenvalue weighted by Crippen LogP contribution is -2.42. The van der Waals surface area contributed by atoms with Crippen molar-refractivity contribution in [2.75, 3.05) is 26.2 Å². The number of hydrogen-bond donors (Lipinski definition) is 1. The number of benzene rings is 1. The number of aliphatic hydroxyl groups is 1. The predicted molar refractivity (Wildman–Crippen MR) is 77.6 cm³/mol. The third kappa shape index (κ3) is 4.52. The van der Waals surface area contributed by atoms with Crippen molar-refractivity contribution in [3.63, 3.8) is 0 Å². The molecule has 1 N–H and O–H groups in total. The maximum atomic E-state index is 9.88. The van der Waals surface area contributed by atoms with E-state index in [0.717, 1.165) is 44.6 Å². The van der Waals surface area contributed by atoms with Gasteiger partial charge in [0.2, 0.25) is 0 Å². The van der Waals surface area contributed by atoms with E-state index < -0.39 is 5.60 Å². The van der Waals surface area contributed by atoms with Crippen molar-refractivity contribution < 1.29 is 9.84 Å². The van der Waals surface area contributed by atoms with Crippen molar-refractivity contribution in [3.8, 4) is 11.8 Å². The molecule has 4 heteroatoms. The van der Waals surface area contributed by atoms with E-state index in [1.165, 1.54) is 0 Å². The Bertz CT molecular complexity index is 452. The topological polar surface area (TPSA) is 56.5 Å². The van der Waals surface area contributed by atoms with Gasteiger partial charge in [-0.3, -0.25) is 0 Å². The first-order valence-corrected chi connectivity index (χ1v) is 7.17. The average Bonchev–Trinajstić information content (AvgIpc) is 2.46. The van der Waals surface area contributed by atoms with Gasteiger partial charge in [-0.2, -0.15) is 5.26 Å². The Kier molecular flexibility index (Phi) is 4.99. The van der Waals surface area contributed by atoms with Crippen molar-refractivity contribution in [1.82, 2.24) is 4.90 Å². The highest BCUT2D eigenvalue weighted by atomic mass is 16.5. The molecule has 108 valence electrons. The number of ether oxygens (including phenoxy) is 1. The number of likely N-dealkylation sites (tertiary alicyclic amines) is 1. The molecule has 1 aliphatic rings. The first-order valence-electron chi connectivity index (χ1n) is 7.17. The summed E-state index contributed by atoms with van der Waals surface area (Å²) in [5.41, 5.74) is 0.174. The van der Waals surface area contributed by atoms with E-state index >= 15 is 0 Å². The van der Waals surface area contributed by atoms with Gasteiger partial charge in [0.15, 0.2) is 0 Å². The summed E-state index contributed by atoms with van der Waals surface area (Å²) in [5.74, 6) is 0.811. The van der Waals surface area contributed by atoms with Crippen LogP contribution >= 0.6 is 0 Å². The molecule has 0 aliphatic carbocycles. The molecule has 2 rings (SSSR count). The zero-order valence-corrected chi connectivity index (χ0v) is 12.0. The Morgan fingerprint density at radius 1 is 1.30 bits per heavy atom. The largest absolute Gasteiger partial charge is 0.494 e. The Labute approximate surface area is 120 Å². The molecule has 1 aromatic carbocycles. The molecule has 1 fully saturated rings. The minimum Gasteiger partial charge on any atom is -0.494 e. The van der Waals surface area contributed by atoms with E-state index in [0.29, 0.717) is 12.2 Å². The van der Waals surface area contributed by atoms with E-state index in [2.05, 4.69) is 11.0 Å². The van der Waals surface area contributed by atoms with Crippen molar-refractivity contribution in [2.45, 2.75) is 31.8 Å². The van der Waals surface area contributed by atoms with Gasteiger partial charge < -0.3 is 14.7 Å². The summed E-state index contributed by atoms with van der Waals surface area (Å²) in [6, 6.07) is 9.28. The van der Waals surface area contributed by atoms with Crippen LogP contribution in [0.3, 0.4) is 0 Å². The average molecular weight is 274 g/mol. The van der Waals surface area contributed by atoms with Crippen LogP contribution < -0.4 is 4.74 Å². The van der Waals surface area contributed by atoms with Crippen molar-refractivity contribution in [3.05, 3.63) is 29.8 Å². The molecule has 1 saturated heterocycles. The first kappa shape index (κ1) is 14.8. The molecular weight excluding hydrogens is 252 g/mol. The van der Waals surface area contributed by atoms with Crippen molar-refractivity contribution >= 4 is 0 Å². The van der Waals surface area contributed by atoms with Gasteiger partial charge in [0.1, 0.15) is 5.75 Å². The molecule has 0 unspecified atom stereocenters. The minimum absolute atomic E-state index is 0.477. The number of rotatable bonds is 5. The third-order valence-corrected chi connectivity index (χ3v) is 3.80. The lowest BCUT2D eigenvalue weighted by Gasteiger charge is -2.35. The first-order chi connectivity index (χ1) is 9.59. The SMILES string of the molecule is CC1(O)CCN(CCCOc2ccc(C#N)cc2)CC1. The van der Waals surface area contributed by atoms with Crippen LogP contribution in [0.1, 0.15) is 31.7 Å². The van der Waals surface area contributed by atoms with E-state index in [4.69, 9.17) is 10.00 Å². The number of hydrogen-bond acceptors (Lipinski definition) is 4. The molecule has 1 heterocycles. The van der Waals surface area contributed by atoms with Crippen LogP contribution in [0.15, 0.2) is 24.3 Å². The monoisotopic (exact) mass is 274 g/mol. The molecule has 0 spiro atoms. The van der Waals surface area contributed by atoms with E-state index in [-0.39, 0.29) is 0 Å². The van der Waals surface area contributed by atoms with Gasteiger partial charge in [-0.05, 0) is 50.5 Å². The molecule has 0 amide bonds. The number of nitrogens with zero attached hydrogens (tertiary/aromatic N) is 2. The van der Waals surface area contributed by atoms with Crippen LogP contribution in [0, 0.1) is 11.3 Å². The fraction of sp³-hybridized carbons (Fsp3) is 0.562. The third-order valence-electron chi connectivity index (χ3n) is 3.80. The molecular formula is C16H22N2O2. The zero-order valence-electron chi connectivity index (χ0n) is 12.0. The summed E-state index contributed by atoms with van der Waals surface area (Å²) >= 11 is 0. The second kappa shape index (κ2) is 6.74. The Balaban J connectivity index is 1.63. The summed E-state index contributed by atoms with van der Waals surface area (Å²) in [6.07, 6.45) is 2.68. The van der Waals surface area contributed by atoms with Crippen LogP contribution in [0.25, 0.3) is 0 Å².